The molecule has 0 fully saturated rings. The Morgan fingerprint density at radius 1 is 1.12 bits per heavy atom. The lowest BCUT2D eigenvalue weighted by Crippen LogP contribution is -2.34. The zero-order valence-corrected chi connectivity index (χ0v) is 14.9. The van der Waals surface area contributed by atoms with Crippen LogP contribution in [-0.4, -0.2) is 25.1 Å². The van der Waals surface area contributed by atoms with Gasteiger partial charge in [-0.2, -0.15) is 0 Å². The molecular weight excluding hydrogens is 298 g/mol. The molecule has 1 aliphatic heterocycles. The van der Waals surface area contributed by atoms with E-state index < -0.39 is 0 Å². The molecule has 24 heavy (non-hydrogen) atoms. The lowest BCUT2D eigenvalue weighted by Gasteiger charge is -2.35. The molecule has 0 radical (unpaired) electrons. The Labute approximate surface area is 145 Å². The van der Waals surface area contributed by atoms with Crippen LogP contribution in [0.3, 0.4) is 0 Å². The molecule has 0 bridgehead atoms. The number of hydrogen-bond acceptors (Lipinski definition) is 3. The molecule has 3 nitrogen and oxygen atoms in total. The Morgan fingerprint density at radius 3 is 2.62 bits per heavy atom. The first kappa shape index (κ1) is 16.8. The lowest BCUT2D eigenvalue weighted by molar-refractivity contribution is 0.197. The van der Waals surface area contributed by atoms with E-state index in [-0.39, 0.29) is 0 Å². The van der Waals surface area contributed by atoms with E-state index in [9.17, 15) is 0 Å². The summed E-state index contributed by atoms with van der Waals surface area (Å²) in [5, 5.41) is 0. The Balaban J connectivity index is 1.84. The number of nitrogens with zero attached hydrogens (tertiary/aromatic N) is 1. The summed E-state index contributed by atoms with van der Waals surface area (Å²) in [4.78, 5) is 2.55. The number of fused-ring (bicyclic) bond motifs is 1. The maximum Gasteiger partial charge on any atom is 0.162 e. The zero-order valence-electron chi connectivity index (χ0n) is 14.9. The van der Waals surface area contributed by atoms with Crippen molar-refractivity contribution in [2.75, 3.05) is 20.2 Å². The fraction of sp³-hybridized carbons (Fsp3) is 0.429. The number of benzene rings is 2. The molecule has 0 aromatic heterocycles. The van der Waals surface area contributed by atoms with Gasteiger partial charge in [-0.3, -0.25) is 4.90 Å². The van der Waals surface area contributed by atoms with Crippen LogP contribution >= 0.6 is 0 Å². The van der Waals surface area contributed by atoms with Crippen molar-refractivity contribution >= 4 is 0 Å². The average Bonchev–Trinajstić information content (AvgIpc) is 2.63. The smallest absolute Gasteiger partial charge is 0.162 e. The Bertz CT molecular complexity index is 669. The second kappa shape index (κ2) is 7.71. The van der Waals surface area contributed by atoms with Gasteiger partial charge in [-0.25, -0.2) is 0 Å². The molecule has 0 aliphatic carbocycles. The minimum Gasteiger partial charge on any atom is -0.493 e. The second-order valence-corrected chi connectivity index (χ2v) is 6.44. The monoisotopic (exact) mass is 325 g/mol. The molecule has 3 rings (SSSR count). The van der Waals surface area contributed by atoms with Crippen LogP contribution < -0.4 is 9.47 Å². The Kier molecular flexibility index (Phi) is 5.41. The molecule has 128 valence electrons. The van der Waals surface area contributed by atoms with E-state index in [1.807, 2.05) is 18.2 Å². The van der Waals surface area contributed by atoms with Gasteiger partial charge in [0.25, 0.3) is 0 Å². The molecular formula is C21H27NO2. The largest absolute Gasteiger partial charge is 0.493 e. The predicted molar refractivity (Wildman–Crippen MR) is 97.8 cm³/mol. The van der Waals surface area contributed by atoms with Crippen molar-refractivity contribution in [3.8, 4) is 11.5 Å². The van der Waals surface area contributed by atoms with E-state index >= 15 is 0 Å². The third-order valence-electron chi connectivity index (χ3n) is 4.84. The van der Waals surface area contributed by atoms with E-state index in [1.54, 1.807) is 7.11 Å². The number of ether oxygens (including phenoxy) is 2. The molecule has 0 saturated heterocycles. The van der Waals surface area contributed by atoms with Gasteiger partial charge in [-0.15, -0.1) is 0 Å². The number of hydrogen-bond donors (Lipinski definition) is 0. The topological polar surface area (TPSA) is 21.7 Å². The summed E-state index contributed by atoms with van der Waals surface area (Å²) >= 11 is 0. The minimum atomic E-state index is 0.429. The second-order valence-electron chi connectivity index (χ2n) is 6.44. The molecule has 2 aromatic rings. The van der Waals surface area contributed by atoms with Crippen molar-refractivity contribution in [1.82, 2.24) is 4.90 Å². The SMILES string of the molecule is CCCN1CCc2cc(OC)c(OCc3ccccc3)cc2C1C. The van der Waals surface area contributed by atoms with Crippen LogP contribution in [0, 0.1) is 0 Å². The van der Waals surface area contributed by atoms with Gasteiger partial charge in [0.2, 0.25) is 0 Å². The van der Waals surface area contributed by atoms with Crippen LogP contribution in [0.15, 0.2) is 42.5 Å². The summed E-state index contributed by atoms with van der Waals surface area (Å²) < 4.78 is 11.7. The fourth-order valence-electron chi connectivity index (χ4n) is 3.48. The fourth-order valence-corrected chi connectivity index (χ4v) is 3.48. The van der Waals surface area contributed by atoms with Crippen LogP contribution in [0.2, 0.25) is 0 Å². The van der Waals surface area contributed by atoms with E-state index in [0.717, 1.165) is 36.6 Å². The normalized spacial score (nSPS) is 17.4. The molecule has 3 heteroatoms. The standard InChI is InChI=1S/C21H27NO2/c1-4-11-22-12-10-18-13-20(23-3)21(14-19(18)16(22)2)24-15-17-8-6-5-7-9-17/h5-9,13-14,16H,4,10-12,15H2,1-3H3. The van der Waals surface area contributed by atoms with Gasteiger partial charge in [-0.05, 0) is 55.1 Å². The van der Waals surface area contributed by atoms with E-state index in [0.29, 0.717) is 12.6 Å². The summed E-state index contributed by atoms with van der Waals surface area (Å²) in [5.74, 6) is 1.67. The summed E-state index contributed by atoms with van der Waals surface area (Å²) in [6, 6.07) is 15.0. The van der Waals surface area contributed by atoms with Gasteiger partial charge < -0.3 is 9.47 Å². The van der Waals surface area contributed by atoms with Gasteiger partial charge in [0.15, 0.2) is 11.5 Å². The van der Waals surface area contributed by atoms with Crippen molar-refractivity contribution in [3.63, 3.8) is 0 Å². The first-order valence-electron chi connectivity index (χ1n) is 8.84. The molecule has 2 aromatic carbocycles. The van der Waals surface area contributed by atoms with Crippen LogP contribution in [0.1, 0.15) is 43.0 Å². The molecule has 1 atom stereocenters. The molecule has 1 aliphatic rings. The predicted octanol–water partition coefficient (Wildman–Crippen LogP) is 4.60. The van der Waals surface area contributed by atoms with Gasteiger partial charge in [-0.1, -0.05) is 37.3 Å². The molecule has 0 saturated carbocycles. The highest BCUT2D eigenvalue weighted by Gasteiger charge is 2.25. The van der Waals surface area contributed by atoms with Gasteiger partial charge >= 0.3 is 0 Å². The van der Waals surface area contributed by atoms with Crippen molar-refractivity contribution in [2.45, 2.75) is 39.3 Å². The van der Waals surface area contributed by atoms with Crippen molar-refractivity contribution in [2.24, 2.45) is 0 Å². The zero-order chi connectivity index (χ0) is 16.9. The summed E-state index contributed by atoms with van der Waals surface area (Å²) in [5.41, 5.74) is 3.93. The molecule has 0 spiro atoms. The van der Waals surface area contributed by atoms with Crippen molar-refractivity contribution in [3.05, 3.63) is 59.2 Å². The first-order valence-corrected chi connectivity index (χ1v) is 8.84. The Morgan fingerprint density at radius 2 is 1.92 bits per heavy atom. The number of methoxy groups -OCH3 is 1. The van der Waals surface area contributed by atoms with Gasteiger partial charge in [0.05, 0.1) is 7.11 Å². The highest BCUT2D eigenvalue weighted by atomic mass is 16.5. The van der Waals surface area contributed by atoms with E-state index in [4.69, 9.17) is 9.47 Å². The average molecular weight is 325 g/mol. The molecule has 0 amide bonds. The maximum absolute atomic E-state index is 6.08. The van der Waals surface area contributed by atoms with Gasteiger partial charge in [0, 0.05) is 12.6 Å². The van der Waals surface area contributed by atoms with Gasteiger partial charge in [0.1, 0.15) is 6.61 Å². The minimum absolute atomic E-state index is 0.429. The van der Waals surface area contributed by atoms with Crippen LogP contribution in [0.4, 0.5) is 0 Å². The summed E-state index contributed by atoms with van der Waals surface area (Å²) in [6.07, 6.45) is 2.27. The van der Waals surface area contributed by atoms with Crippen LogP contribution in [-0.2, 0) is 13.0 Å². The molecule has 1 unspecified atom stereocenters. The molecule has 0 N–H and O–H groups in total. The maximum atomic E-state index is 6.08. The van der Waals surface area contributed by atoms with E-state index in [2.05, 4.69) is 43.0 Å². The lowest BCUT2D eigenvalue weighted by atomic mass is 9.92. The number of rotatable bonds is 6. The van der Waals surface area contributed by atoms with Crippen LogP contribution in [0.5, 0.6) is 11.5 Å². The third kappa shape index (κ3) is 3.57. The first-order chi connectivity index (χ1) is 11.7. The van der Waals surface area contributed by atoms with Crippen molar-refractivity contribution in [1.29, 1.82) is 0 Å². The van der Waals surface area contributed by atoms with Crippen molar-refractivity contribution < 1.29 is 9.47 Å². The third-order valence-corrected chi connectivity index (χ3v) is 4.84. The molecule has 1 heterocycles. The highest BCUT2D eigenvalue weighted by molar-refractivity contribution is 5.49. The summed E-state index contributed by atoms with van der Waals surface area (Å²) in [6.45, 7) is 7.36. The van der Waals surface area contributed by atoms with E-state index in [1.165, 1.54) is 17.5 Å². The Hall–Kier alpha value is -2.00. The highest BCUT2D eigenvalue weighted by Crippen LogP contribution is 2.38. The van der Waals surface area contributed by atoms with Crippen LogP contribution in [0.25, 0.3) is 0 Å². The summed E-state index contributed by atoms with van der Waals surface area (Å²) in [7, 11) is 1.72. The quantitative estimate of drug-likeness (QED) is 0.774.